The molecule has 0 saturated carbocycles. The zero-order valence-electron chi connectivity index (χ0n) is 16.8. The number of benzene rings is 1. The van der Waals surface area contributed by atoms with Crippen LogP contribution in [0.15, 0.2) is 48.8 Å². The summed E-state index contributed by atoms with van der Waals surface area (Å²) in [5, 5.41) is 2.88. The Hall–Kier alpha value is -3.19. The van der Waals surface area contributed by atoms with Crippen molar-refractivity contribution in [3.8, 4) is 0 Å². The molecular weight excluding hydrogens is 366 g/mol. The molecule has 2 aromatic heterocycles. The number of hydrogen-bond donors (Lipinski definition) is 1. The average molecular weight is 391 g/mol. The minimum absolute atomic E-state index is 0.0405. The highest BCUT2D eigenvalue weighted by Crippen LogP contribution is 2.15. The van der Waals surface area contributed by atoms with E-state index in [0.29, 0.717) is 16.8 Å². The van der Waals surface area contributed by atoms with E-state index in [-0.39, 0.29) is 11.8 Å². The monoisotopic (exact) mass is 391 g/mol. The fourth-order valence-electron chi connectivity index (χ4n) is 3.60. The first-order chi connectivity index (χ1) is 14.0. The van der Waals surface area contributed by atoms with Gasteiger partial charge < -0.3 is 19.5 Å². The Morgan fingerprint density at radius 1 is 1.03 bits per heavy atom. The number of nitrogens with zero attached hydrogens (tertiary/aromatic N) is 4. The molecule has 0 radical (unpaired) electrons. The molecule has 0 spiro atoms. The number of pyridine rings is 1. The van der Waals surface area contributed by atoms with Crippen molar-refractivity contribution in [3.05, 3.63) is 65.6 Å². The largest absolute Gasteiger partial charge is 0.336 e. The van der Waals surface area contributed by atoms with Crippen LogP contribution in [0.25, 0.3) is 5.65 Å². The molecule has 29 heavy (non-hydrogen) atoms. The first kappa shape index (κ1) is 19.1. The number of aromatic nitrogens is 2. The quantitative estimate of drug-likeness (QED) is 0.742. The molecule has 1 aliphatic heterocycles. The van der Waals surface area contributed by atoms with E-state index < -0.39 is 0 Å². The van der Waals surface area contributed by atoms with Gasteiger partial charge in [0.05, 0.1) is 0 Å². The molecule has 1 aromatic carbocycles. The topological polar surface area (TPSA) is 70.0 Å². The number of hydrogen-bond acceptors (Lipinski definition) is 4. The first-order valence-corrected chi connectivity index (χ1v) is 9.92. The molecule has 1 fully saturated rings. The normalized spacial score (nSPS) is 14.9. The maximum atomic E-state index is 12.7. The predicted octanol–water partition coefficient (Wildman–Crippen LogP) is 2.67. The summed E-state index contributed by atoms with van der Waals surface area (Å²) in [6, 6.07) is 10.6. The van der Waals surface area contributed by atoms with Crippen LogP contribution >= 0.6 is 0 Å². The van der Waals surface area contributed by atoms with E-state index in [4.69, 9.17) is 0 Å². The van der Waals surface area contributed by atoms with Crippen LogP contribution in [-0.2, 0) is 0 Å². The Morgan fingerprint density at radius 3 is 2.45 bits per heavy atom. The minimum Gasteiger partial charge on any atom is -0.336 e. The van der Waals surface area contributed by atoms with Crippen LogP contribution in [0.1, 0.15) is 33.3 Å². The molecule has 0 unspecified atom stereocenters. The first-order valence-electron chi connectivity index (χ1n) is 9.92. The minimum atomic E-state index is -0.206. The smallest absolute Gasteiger partial charge is 0.255 e. The van der Waals surface area contributed by atoms with Gasteiger partial charge in [-0.15, -0.1) is 0 Å². The summed E-state index contributed by atoms with van der Waals surface area (Å²) in [6.07, 6.45) is 3.61. The van der Waals surface area contributed by atoms with Crippen LogP contribution in [-0.4, -0.2) is 63.7 Å². The lowest BCUT2D eigenvalue weighted by Gasteiger charge is -2.34. The lowest BCUT2D eigenvalue weighted by atomic mass is 10.1. The van der Waals surface area contributed by atoms with Crippen molar-refractivity contribution < 1.29 is 9.59 Å². The summed E-state index contributed by atoms with van der Waals surface area (Å²) in [5.74, 6) is -0.165. The Morgan fingerprint density at radius 2 is 1.76 bits per heavy atom. The highest BCUT2D eigenvalue weighted by atomic mass is 16.2. The molecule has 7 nitrogen and oxygen atoms in total. The Balaban J connectivity index is 1.41. The molecule has 4 rings (SSSR count). The maximum absolute atomic E-state index is 12.7. The van der Waals surface area contributed by atoms with Crippen molar-refractivity contribution in [2.24, 2.45) is 0 Å². The van der Waals surface area contributed by atoms with Gasteiger partial charge >= 0.3 is 0 Å². The van der Waals surface area contributed by atoms with Crippen LogP contribution in [0.3, 0.4) is 0 Å². The van der Waals surface area contributed by atoms with Crippen molar-refractivity contribution in [1.82, 2.24) is 19.2 Å². The van der Waals surface area contributed by atoms with Crippen LogP contribution in [0.5, 0.6) is 0 Å². The lowest BCUT2D eigenvalue weighted by Crippen LogP contribution is -2.48. The molecule has 0 aliphatic carbocycles. The van der Waals surface area contributed by atoms with Gasteiger partial charge in [0.1, 0.15) is 5.65 Å². The fraction of sp³-hybridized carbons (Fsp3) is 0.318. The van der Waals surface area contributed by atoms with Gasteiger partial charge in [0.2, 0.25) is 0 Å². The van der Waals surface area contributed by atoms with Gasteiger partial charge in [0.15, 0.2) is 0 Å². The number of aryl methyl sites for hydroxylation is 1. The molecule has 3 aromatic rings. The van der Waals surface area contributed by atoms with Crippen molar-refractivity contribution in [3.63, 3.8) is 0 Å². The van der Waals surface area contributed by atoms with Crippen LogP contribution < -0.4 is 5.32 Å². The number of carbonyl (C=O) groups excluding carboxylic acids is 2. The van der Waals surface area contributed by atoms with Gasteiger partial charge in [-0.25, -0.2) is 4.98 Å². The highest BCUT2D eigenvalue weighted by Gasteiger charge is 2.21. The van der Waals surface area contributed by atoms with Gasteiger partial charge in [-0.05, 0) is 49.9 Å². The second-order valence-corrected chi connectivity index (χ2v) is 7.30. The number of likely N-dealkylation sites (N-methyl/N-ethyl adjacent to an activating group) is 1. The number of fused-ring (bicyclic) bond motifs is 1. The van der Waals surface area contributed by atoms with E-state index in [1.165, 1.54) is 0 Å². The third kappa shape index (κ3) is 4.00. The van der Waals surface area contributed by atoms with Crippen molar-refractivity contribution >= 4 is 23.1 Å². The van der Waals surface area contributed by atoms with E-state index in [0.717, 1.165) is 44.1 Å². The molecule has 1 saturated heterocycles. The third-order valence-electron chi connectivity index (χ3n) is 5.46. The van der Waals surface area contributed by atoms with E-state index >= 15 is 0 Å². The lowest BCUT2D eigenvalue weighted by molar-refractivity contribution is 0.0643. The number of rotatable bonds is 4. The SMILES string of the molecule is CCN1CCN(C(=O)c2ccc(NC(=O)c3ccn4c(C)cnc4c3)cc2)CC1. The zero-order chi connectivity index (χ0) is 20.4. The standard InChI is InChI=1S/C22H25N5O2/c1-3-25-10-12-26(13-11-25)22(29)17-4-6-19(7-5-17)24-21(28)18-8-9-27-16(2)15-23-20(27)14-18/h4-9,14-15H,3,10-13H2,1-2H3,(H,24,28). The molecular formula is C22H25N5O2. The molecule has 0 bridgehead atoms. The van der Waals surface area contributed by atoms with E-state index in [1.807, 2.05) is 22.4 Å². The van der Waals surface area contributed by atoms with Crippen LogP contribution in [0.4, 0.5) is 5.69 Å². The van der Waals surface area contributed by atoms with E-state index in [9.17, 15) is 9.59 Å². The molecule has 150 valence electrons. The Labute approximate surface area is 169 Å². The Kier molecular flexibility index (Phi) is 5.31. The average Bonchev–Trinajstić information content (AvgIpc) is 3.14. The third-order valence-corrected chi connectivity index (χ3v) is 5.46. The van der Waals surface area contributed by atoms with Crippen molar-refractivity contribution in [1.29, 1.82) is 0 Å². The van der Waals surface area contributed by atoms with Crippen LogP contribution in [0, 0.1) is 6.92 Å². The predicted molar refractivity (Wildman–Crippen MR) is 112 cm³/mol. The molecule has 2 amide bonds. The number of carbonyl (C=O) groups is 2. The summed E-state index contributed by atoms with van der Waals surface area (Å²) in [5.41, 5.74) is 3.59. The molecule has 1 N–H and O–H groups in total. The van der Waals surface area contributed by atoms with Gasteiger partial charge in [-0.2, -0.15) is 0 Å². The maximum Gasteiger partial charge on any atom is 0.255 e. The number of amides is 2. The Bertz CT molecular complexity index is 1030. The number of anilines is 1. The summed E-state index contributed by atoms with van der Waals surface area (Å²) in [4.78, 5) is 33.8. The second kappa shape index (κ2) is 8.05. The van der Waals surface area contributed by atoms with Gasteiger partial charge in [-0.3, -0.25) is 9.59 Å². The molecule has 3 heterocycles. The highest BCUT2D eigenvalue weighted by molar-refractivity contribution is 6.05. The number of imidazole rings is 1. The van der Waals surface area contributed by atoms with Gasteiger partial charge in [0.25, 0.3) is 11.8 Å². The van der Waals surface area contributed by atoms with Crippen molar-refractivity contribution in [2.45, 2.75) is 13.8 Å². The van der Waals surface area contributed by atoms with Gasteiger partial charge in [0, 0.05) is 61.1 Å². The van der Waals surface area contributed by atoms with E-state index in [1.54, 1.807) is 42.6 Å². The number of nitrogens with one attached hydrogen (secondary N) is 1. The molecule has 1 aliphatic rings. The van der Waals surface area contributed by atoms with Gasteiger partial charge in [-0.1, -0.05) is 6.92 Å². The molecule has 7 heteroatoms. The molecule has 0 atom stereocenters. The zero-order valence-corrected chi connectivity index (χ0v) is 16.8. The second-order valence-electron chi connectivity index (χ2n) is 7.30. The summed E-state index contributed by atoms with van der Waals surface area (Å²) < 4.78 is 1.93. The van der Waals surface area contributed by atoms with E-state index in [2.05, 4.69) is 22.1 Å². The number of piperazine rings is 1. The van der Waals surface area contributed by atoms with Crippen molar-refractivity contribution in [2.75, 3.05) is 38.0 Å². The summed E-state index contributed by atoms with van der Waals surface area (Å²) in [6.45, 7) is 8.45. The fourth-order valence-corrected chi connectivity index (χ4v) is 3.60. The summed E-state index contributed by atoms with van der Waals surface area (Å²) >= 11 is 0. The van der Waals surface area contributed by atoms with Crippen LogP contribution in [0.2, 0.25) is 0 Å². The summed E-state index contributed by atoms with van der Waals surface area (Å²) in [7, 11) is 0.